The van der Waals surface area contributed by atoms with E-state index < -0.39 is 0 Å². The number of hydrogen-bond acceptors (Lipinski definition) is 1. The molecular weight excluding hydrogens is 182 g/mol. The van der Waals surface area contributed by atoms with E-state index in [9.17, 15) is 0 Å². The van der Waals surface area contributed by atoms with Gasteiger partial charge in [-0.25, -0.2) is 0 Å². The maximum atomic E-state index is 3.49. The molecule has 0 heterocycles. The van der Waals surface area contributed by atoms with Gasteiger partial charge in [0.05, 0.1) is 0 Å². The lowest BCUT2D eigenvalue weighted by Gasteiger charge is -1.86. The van der Waals surface area contributed by atoms with Gasteiger partial charge in [-0.2, -0.15) is 0 Å². The second kappa shape index (κ2) is 29.2. The molecule has 0 N–H and O–H groups in total. The van der Waals surface area contributed by atoms with Gasteiger partial charge in [-0.3, -0.25) is 4.99 Å². The summed E-state index contributed by atoms with van der Waals surface area (Å²) in [5.41, 5.74) is 0. The molecule has 0 atom stereocenters. The molecular formula is C14H29N. The Kier molecular flexibility index (Phi) is 38.3. The largest absolute Gasteiger partial charge is 0.273 e. The highest BCUT2D eigenvalue weighted by Gasteiger charge is 1.75. The monoisotopic (exact) mass is 211 g/mol. The zero-order valence-corrected chi connectivity index (χ0v) is 11.3. The van der Waals surface area contributed by atoms with Crippen molar-refractivity contribution in [2.45, 2.75) is 60.3 Å². The van der Waals surface area contributed by atoms with Gasteiger partial charge < -0.3 is 0 Å². The standard InChI is InChI=1S/C6H9N.C6H14.C2H6/c1-3-4-5-6-7-2;1-3-5-6-4-2;1-2/h3-6H,2H2,1H3;3-6H2,1-2H3;1-2H3/b4-3-,6-5-;;. The predicted octanol–water partition coefficient (Wildman–Crippen LogP) is 5.39. The SMILES string of the molecule is C=N/C=C\C=C/C.CC.CCCCCC. The molecule has 0 bridgehead atoms. The van der Waals surface area contributed by atoms with Crippen molar-refractivity contribution in [3.8, 4) is 0 Å². The summed E-state index contributed by atoms with van der Waals surface area (Å²) < 4.78 is 0. The van der Waals surface area contributed by atoms with E-state index in [1.165, 1.54) is 25.7 Å². The van der Waals surface area contributed by atoms with Gasteiger partial charge in [0, 0.05) is 6.20 Å². The van der Waals surface area contributed by atoms with Crippen LogP contribution in [0, 0.1) is 0 Å². The van der Waals surface area contributed by atoms with Gasteiger partial charge in [0.25, 0.3) is 0 Å². The van der Waals surface area contributed by atoms with Gasteiger partial charge in [-0.15, -0.1) is 0 Å². The van der Waals surface area contributed by atoms with Crippen LogP contribution in [0.4, 0.5) is 0 Å². The van der Waals surface area contributed by atoms with E-state index in [1.807, 2.05) is 39.0 Å². The summed E-state index contributed by atoms with van der Waals surface area (Å²) >= 11 is 0. The summed E-state index contributed by atoms with van der Waals surface area (Å²) in [5, 5.41) is 0. The Balaban J connectivity index is -0.000000166. The molecule has 90 valence electrons. The molecule has 0 radical (unpaired) electrons. The van der Waals surface area contributed by atoms with Crippen LogP contribution in [0.2, 0.25) is 0 Å². The minimum atomic E-state index is 1.36. The summed E-state index contributed by atoms with van der Waals surface area (Å²) in [6, 6.07) is 0. The number of hydrogen-bond donors (Lipinski definition) is 0. The Morgan fingerprint density at radius 2 is 1.47 bits per heavy atom. The Morgan fingerprint density at radius 1 is 1.00 bits per heavy atom. The first-order valence-electron chi connectivity index (χ1n) is 6.07. The van der Waals surface area contributed by atoms with Crippen molar-refractivity contribution in [3.05, 3.63) is 24.4 Å². The number of allylic oxidation sites excluding steroid dienone is 3. The molecule has 0 amide bonds. The first kappa shape index (κ1) is 19.7. The predicted molar refractivity (Wildman–Crippen MR) is 74.7 cm³/mol. The van der Waals surface area contributed by atoms with Crippen LogP contribution in [0.25, 0.3) is 0 Å². The fourth-order valence-corrected chi connectivity index (χ4v) is 0.722. The van der Waals surface area contributed by atoms with E-state index in [1.54, 1.807) is 6.20 Å². The molecule has 0 rings (SSSR count). The molecule has 0 unspecified atom stereocenters. The normalized spacial score (nSPS) is 9.13. The van der Waals surface area contributed by atoms with Crippen molar-refractivity contribution in [1.29, 1.82) is 0 Å². The first-order chi connectivity index (χ1) is 7.33. The number of nitrogens with zero attached hydrogens (tertiary/aromatic N) is 1. The lowest BCUT2D eigenvalue weighted by molar-refractivity contribution is 0.702. The number of aliphatic imine (C=N–C) groups is 1. The van der Waals surface area contributed by atoms with Crippen molar-refractivity contribution in [3.63, 3.8) is 0 Å². The van der Waals surface area contributed by atoms with Crippen LogP contribution in [0.3, 0.4) is 0 Å². The van der Waals surface area contributed by atoms with Gasteiger partial charge >= 0.3 is 0 Å². The van der Waals surface area contributed by atoms with Gasteiger partial charge in [0.1, 0.15) is 0 Å². The fraction of sp³-hybridized carbons (Fsp3) is 0.643. The Hall–Kier alpha value is -0.850. The van der Waals surface area contributed by atoms with Crippen LogP contribution in [0.5, 0.6) is 0 Å². The Labute approximate surface area is 97.0 Å². The highest BCUT2D eigenvalue weighted by atomic mass is 14.6. The van der Waals surface area contributed by atoms with E-state index >= 15 is 0 Å². The summed E-state index contributed by atoms with van der Waals surface area (Å²) in [6.07, 6.45) is 12.8. The minimum Gasteiger partial charge on any atom is -0.273 e. The molecule has 0 saturated carbocycles. The van der Waals surface area contributed by atoms with Gasteiger partial charge in [0.2, 0.25) is 0 Å². The number of unbranched alkanes of at least 4 members (excludes halogenated alkanes) is 3. The molecule has 0 aliphatic rings. The van der Waals surface area contributed by atoms with Crippen molar-refractivity contribution >= 4 is 6.72 Å². The van der Waals surface area contributed by atoms with Crippen LogP contribution < -0.4 is 0 Å². The molecule has 1 heteroatoms. The third-order valence-electron chi connectivity index (χ3n) is 1.45. The third-order valence-corrected chi connectivity index (χ3v) is 1.45. The van der Waals surface area contributed by atoms with E-state index in [0.717, 1.165) is 0 Å². The van der Waals surface area contributed by atoms with Crippen molar-refractivity contribution in [2.24, 2.45) is 4.99 Å². The van der Waals surface area contributed by atoms with Gasteiger partial charge in [-0.05, 0) is 19.7 Å². The highest BCUT2D eigenvalue weighted by Crippen LogP contribution is 1.95. The average Bonchev–Trinajstić information content (AvgIpc) is 2.31. The molecule has 0 spiro atoms. The van der Waals surface area contributed by atoms with E-state index in [2.05, 4.69) is 25.6 Å². The molecule has 0 aliphatic heterocycles. The quantitative estimate of drug-likeness (QED) is 0.328. The lowest BCUT2D eigenvalue weighted by atomic mass is 10.2. The van der Waals surface area contributed by atoms with Crippen LogP contribution >= 0.6 is 0 Å². The zero-order chi connectivity index (χ0) is 12.4. The second-order valence-electron chi connectivity index (χ2n) is 2.76. The van der Waals surface area contributed by atoms with E-state index in [4.69, 9.17) is 0 Å². The van der Waals surface area contributed by atoms with Gasteiger partial charge in [-0.1, -0.05) is 65.5 Å². The molecule has 1 nitrogen and oxygen atoms in total. The Bertz CT molecular complexity index is 130. The topological polar surface area (TPSA) is 12.4 Å². The van der Waals surface area contributed by atoms with Crippen LogP contribution in [0.1, 0.15) is 60.3 Å². The molecule has 0 saturated heterocycles. The van der Waals surface area contributed by atoms with Crippen molar-refractivity contribution in [2.75, 3.05) is 0 Å². The van der Waals surface area contributed by atoms with Crippen LogP contribution in [-0.2, 0) is 0 Å². The summed E-state index contributed by atoms with van der Waals surface area (Å²) in [7, 11) is 0. The molecule has 15 heavy (non-hydrogen) atoms. The summed E-state index contributed by atoms with van der Waals surface area (Å²) in [5.74, 6) is 0. The average molecular weight is 211 g/mol. The maximum Gasteiger partial charge on any atom is 0.0260 e. The second-order valence-corrected chi connectivity index (χ2v) is 2.76. The van der Waals surface area contributed by atoms with Crippen molar-refractivity contribution in [1.82, 2.24) is 0 Å². The van der Waals surface area contributed by atoms with Crippen LogP contribution in [0.15, 0.2) is 29.4 Å². The summed E-state index contributed by atoms with van der Waals surface area (Å²) in [4.78, 5) is 3.49. The Morgan fingerprint density at radius 3 is 1.73 bits per heavy atom. The van der Waals surface area contributed by atoms with Crippen molar-refractivity contribution < 1.29 is 0 Å². The maximum absolute atomic E-state index is 3.49. The van der Waals surface area contributed by atoms with Crippen LogP contribution in [-0.4, -0.2) is 6.72 Å². The highest BCUT2D eigenvalue weighted by molar-refractivity contribution is 5.26. The summed E-state index contributed by atoms with van der Waals surface area (Å²) in [6.45, 7) is 13.7. The zero-order valence-electron chi connectivity index (χ0n) is 11.3. The third kappa shape index (κ3) is 43.2. The number of rotatable bonds is 5. The molecule has 0 aromatic heterocycles. The lowest BCUT2D eigenvalue weighted by Crippen LogP contribution is -1.66. The minimum absolute atomic E-state index is 1.36. The van der Waals surface area contributed by atoms with E-state index in [0.29, 0.717) is 0 Å². The molecule has 0 aromatic carbocycles. The molecule has 0 aliphatic carbocycles. The smallest absolute Gasteiger partial charge is 0.0260 e. The fourth-order valence-electron chi connectivity index (χ4n) is 0.722. The first-order valence-corrected chi connectivity index (χ1v) is 6.07. The van der Waals surface area contributed by atoms with E-state index in [-0.39, 0.29) is 0 Å². The van der Waals surface area contributed by atoms with Gasteiger partial charge in [0.15, 0.2) is 0 Å². The molecule has 0 aromatic rings. The molecule has 0 fully saturated rings.